The van der Waals surface area contributed by atoms with Gasteiger partial charge in [0, 0.05) is 19.6 Å². The molecule has 0 aliphatic carbocycles. The van der Waals surface area contributed by atoms with Gasteiger partial charge in [-0.05, 0) is 39.9 Å². The van der Waals surface area contributed by atoms with Gasteiger partial charge in [0.1, 0.15) is 16.9 Å². The molecule has 34 heavy (non-hydrogen) atoms. The number of amides is 1. The molecule has 1 amide bonds. The van der Waals surface area contributed by atoms with Crippen molar-refractivity contribution in [2.75, 3.05) is 31.2 Å². The van der Waals surface area contributed by atoms with Crippen LogP contribution in [0.15, 0.2) is 5.16 Å². The summed E-state index contributed by atoms with van der Waals surface area (Å²) in [5.41, 5.74) is 0.243. The minimum Gasteiger partial charge on any atom is -0.444 e. The number of carbonyl (C=O) groups is 1. The third kappa shape index (κ3) is 8.73. The highest BCUT2D eigenvalue weighted by molar-refractivity contribution is 7.98. The van der Waals surface area contributed by atoms with Crippen molar-refractivity contribution in [3.8, 4) is 0 Å². The maximum absolute atomic E-state index is 14.8. The van der Waals surface area contributed by atoms with Gasteiger partial charge in [-0.15, -0.1) is 0 Å². The number of aryl methyl sites for hydroxylation is 1. The Morgan fingerprint density at radius 1 is 1.15 bits per heavy atom. The van der Waals surface area contributed by atoms with Gasteiger partial charge in [0.15, 0.2) is 16.1 Å². The Morgan fingerprint density at radius 3 is 2.38 bits per heavy atom. The molecule has 1 N–H and O–H groups in total. The molecule has 2 aromatic heterocycles. The van der Waals surface area contributed by atoms with Gasteiger partial charge in [0.25, 0.3) is 0 Å². The first-order chi connectivity index (χ1) is 16.1. The van der Waals surface area contributed by atoms with E-state index < -0.39 is 11.4 Å². The van der Waals surface area contributed by atoms with Crippen LogP contribution < -0.4 is 5.32 Å². The first-order valence-electron chi connectivity index (χ1n) is 11.9. The van der Waals surface area contributed by atoms with Gasteiger partial charge in [0.05, 0.1) is 11.1 Å². The Morgan fingerprint density at radius 2 is 1.82 bits per heavy atom. The van der Waals surface area contributed by atoms with Crippen molar-refractivity contribution in [3.05, 3.63) is 16.7 Å². The second kappa shape index (κ2) is 14.5. The van der Waals surface area contributed by atoms with Gasteiger partial charge in [-0.25, -0.2) is 24.1 Å². The summed E-state index contributed by atoms with van der Waals surface area (Å²) >= 11 is 7.34. The molecule has 2 heterocycles. The number of pyridine rings is 1. The maximum atomic E-state index is 14.8. The average molecular weight is 516 g/mol. The summed E-state index contributed by atoms with van der Waals surface area (Å²) in [6.07, 6.45) is 4.75. The number of nitrogens with zero attached hydrogens (tertiary/aromatic N) is 4. The lowest BCUT2D eigenvalue weighted by Crippen LogP contribution is -2.40. The van der Waals surface area contributed by atoms with E-state index in [1.807, 2.05) is 47.8 Å². The van der Waals surface area contributed by atoms with Gasteiger partial charge in [-0.1, -0.05) is 63.9 Å². The molecule has 0 saturated carbocycles. The summed E-state index contributed by atoms with van der Waals surface area (Å²) in [4.78, 5) is 27.4. The predicted molar refractivity (Wildman–Crippen MR) is 141 cm³/mol. The second-order valence-corrected chi connectivity index (χ2v) is 9.57. The number of aromatic nitrogens is 3. The van der Waals surface area contributed by atoms with E-state index in [0.717, 1.165) is 19.3 Å². The number of halogens is 2. The fraction of sp³-hybridized carbons (Fsp3) is 0.667. The van der Waals surface area contributed by atoms with Crippen molar-refractivity contribution in [2.45, 2.75) is 84.9 Å². The predicted octanol–water partition coefficient (Wildman–Crippen LogP) is 6.97. The number of hydrogen-bond donors (Lipinski definition) is 1. The summed E-state index contributed by atoms with van der Waals surface area (Å²) < 4.78 is 20.3. The summed E-state index contributed by atoms with van der Waals surface area (Å²) in [7, 11) is 0. The third-order valence-electron chi connectivity index (χ3n) is 4.58. The Bertz CT molecular complexity index is 940. The van der Waals surface area contributed by atoms with E-state index >= 15 is 0 Å². The van der Waals surface area contributed by atoms with Crippen LogP contribution in [0.3, 0.4) is 0 Å². The van der Waals surface area contributed by atoms with Crippen LogP contribution in [0.25, 0.3) is 10.9 Å². The van der Waals surface area contributed by atoms with E-state index in [9.17, 15) is 9.18 Å². The maximum Gasteiger partial charge on any atom is 0.410 e. The van der Waals surface area contributed by atoms with Crippen molar-refractivity contribution in [1.82, 2.24) is 19.9 Å². The molecule has 10 heteroatoms. The second-order valence-electron chi connectivity index (χ2n) is 8.44. The molecule has 0 saturated heterocycles. The van der Waals surface area contributed by atoms with E-state index in [1.54, 1.807) is 4.90 Å². The molecule has 0 unspecified atom stereocenters. The number of thioether (sulfide) groups is 1. The molecule has 192 valence electrons. The molecule has 0 bridgehead atoms. The van der Waals surface area contributed by atoms with Crippen molar-refractivity contribution in [2.24, 2.45) is 0 Å². The summed E-state index contributed by atoms with van der Waals surface area (Å²) in [5, 5.41) is 4.04. The van der Waals surface area contributed by atoms with Crippen LogP contribution in [0.5, 0.6) is 0 Å². The zero-order chi connectivity index (χ0) is 25.9. The van der Waals surface area contributed by atoms with Crippen LogP contribution in [0.1, 0.15) is 73.4 Å². The van der Waals surface area contributed by atoms with E-state index in [4.69, 9.17) is 16.3 Å². The first kappa shape index (κ1) is 30.2. The number of ether oxygens (including phenoxy) is 1. The van der Waals surface area contributed by atoms with Crippen LogP contribution in [0.2, 0.25) is 5.15 Å². The normalized spacial score (nSPS) is 11.1. The average Bonchev–Trinajstić information content (AvgIpc) is 2.79. The molecule has 0 atom stereocenters. The number of fused-ring (bicyclic) bond motifs is 1. The molecule has 0 aliphatic rings. The van der Waals surface area contributed by atoms with Gasteiger partial charge >= 0.3 is 6.09 Å². The smallest absolute Gasteiger partial charge is 0.410 e. The van der Waals surface area contributed by atoms with Gasteiger partial charge in [-0.3, -0.25) is 0 Å². The first-order valence-corrected chi connectivity index (χ1v) is 13.5. The molecular formula is C24H39ClFN5O2S. The molecule has 0 spiro atoms. The Balaban J connectivity index is 0.00000281. The molecule has 2 aromatic rings. The zero-order valence-electron chi connectivity index (χ0n) is 21.7. The molecule has 0 fully saturated rings. The van der Waals surface area contributed by atoms with E-state index in [-0.39, 0.29) is 16.8 Å². The monoisotopic (exact) mass is 515 g/mol. The number of nitrogens with one attached hydrogen (secondary N) is 1. The minimum atomic E-state index is -0.652. The fourth-order valence-corrected chi connectivity index (χ4v) is 3.67. The lowest BCUT2D eigenvalue weighted by Gasteiger charge is -2.27. The lowest BCUT2D eigenvalue weighted by molar-refractivity contribution is 0.0255. The van der Waals surface area contributed by atoms with Crippen molar-refractivity contribution >= 4 is 46.2 Å². The molecular weight excluding hydrogens is 477 g/mol. The van der Waals surface area contributed by atoms with E-state index in [1.165, 1.54) is 11.8 Å². The minimum absolute atomic E-state index is 0.158. The highest BCUT2D eigenvalue weighted by atomic mass is 35.5. The number of carbonyl (C=O) groups excluding carboxylic acids is 1. The molecule has 0 aromatic carbocycles. The van der Waals surface area contributed by atoms with Crippen molar-refractivity contribution in [3.63, 3.8) is 0 Å². The van der Waals surface area contributed by atoms with Crippen molar-refractivity contribution in [1.29, 1.82) is 0 Å². The highest BCUT2D eigenvalue weighted by Gasteiger charge is 2.23. The van der Waals surface area contributed by atoms with Crippen LogP contribution in [0, 0.1) is 5.82 Å². The standard InChI is InChI=1S/C22H33ClFN5O2S.C2H6/c1-7-9-12-29(21(30)31-22(3,4)5)13-11-25-19-15-14(10-8-2)26-18(23)16(24)17(15)27-20(28-19)32-6;1-2/h7-13H2,1-6H3,(H,25,27,28);1-2H3. The molecule has 7 nitrogen and oxygen atoms in total. The molecule has 2 rings (SSSR count). The third-order valence-corrected chi connectivity index (χ3v) is 5.37. The SMILES string of the molecule is CC.CCCCN(CCNc1nc(SC)nc2c(F)c(Cl)nc(CCC)c12)C(=O)OC(C)(C)C. The van der Waals surface area contributed by atoms with Crippen LogP contribution in [-0.2, 0) is 11.2 Å². The van der Waals surface area contributed by atoms with Gasteiger partial charge in [-0.2, -0.15) is 0 Å². The fourth-order valence-electron chi connectivity index (χ4n) is 3.11. The number of rotatable bonds is 10. The largest absolute Gasteiger partial charge is 0.444 e. The van der Waals surface area contributed by atoms with Gasteiger partial charge < -0.3 is 15.0 Å². The summed E-state index contributed by atoms with van der Waals surface area (Å²) in [5.74, 6) is -0.161. The van der Waals surface area contributed by atoms with Gasteiger partial charge in [0.2, 0.25) is 0 Å². The van der Waals surface area contributed by atoms with E-state index in [2.05, 4.69) is 27.2 Å². The van der Waals surface area contributed by atoms with Crippen LogP contribution >= 0.6 is 23.4 Å². The number of unbranched alkanes of at least 4 members (excludes halogenated alkanes) is 1. The van der Waals surface area contributed by atoms with E-state index in [0.29, 0.717) is 48.1 Å². The molecule has 0 aliphatic heterocycles. The quantitative estimate of drug-likeness (QED) is 0.208. The number of anilines is 1. The van der Waals surface area contributed by atoms with Crippen molar-refractivity contribution < 1.29 is 13.9 Å². The topological polar surface area (TPSA) is 80.2 Å². The molecule has 0 radical (unpaired) electrons. The zero-order valence-corrected chi connectivity index (χ0v) is 23.3. The number of hydrogen-bond acceptors (Lipinski definition) is 7. The Kier molecular flexibility index (Phi) is 12.9. The van der Waals surface area contributed by atoms with Crippen LogP contribution in [-0.4, -0.2) is 57.4 Å². The Hall–Kier alpha value is -1.87. The Labute approximate surface area is 212 Å². The summed E-state index contributed by atoms with van der Waals surface area (Å²) in [6.45, 7) is 15.1. The summed E-state index contributed by atoms with van der Waals surface area (Å²) in [6, 6.07) is 0. The van der Waals surface area contributed by atoms with Crippen LogP contribution in [0.4, 0.5) is 15.0 Å². The highest BCUT2D eigenvalue weighted by Crippen LogP contribution is 2.31. The lowest BCUT2D eigenvalue weighted by atomic mass is 10.1.